The van der Waals surface area contributed by atoms with Crippen molar-refractivity contribution in [3.05, 3.63) is 83.4 Å². The van der Waals surface area contributed by atoms with Crippen molar-refractivity contribution in [3.8, 4) is 16.9 Å². The SMILES string of the molecule is COc1ccc(C(=O)N2CCN3C(=O)c4cc(-c5cccc(C(F)(F)F)c5)ccc4NC(=O)[C@@H]3C2)cc1. The number of ether oxygens (including phenoxy) is 1. The minimum Gasteiger partial charge on any atom is -0.497 e. The largest absolute Gasteiger partial charge is 0.497 e. The number of piperazine rings is 1. The van der Waals surface area contributed by atoms with Crippen LogP contribution in [0.2, 0.25) is 0 Å². The van der Waals surface area contributed by atoms with Crippen LogP contribution in [0, 0.1) is 0 Å². The van der Waals surface area contributed by atoms with Crippen LogP contribution in [0.5, 0.6) is 5.75 Å². The van der Waals surface area contributed by atoms with Gasteiger partial charge in [0.2, 0.25) is 5.91 Å². The lowest BCUT2D eigenvalue weighted by atomic mass is 9.99. The number of amides is 3. The normalized spacial score (nSPS) is 17.5. The van der Waals surface area contributed by atoms with Gasteiger partial charge in [0, 0.05) is 18.7 Å². The molecule has 2 aliphatic rings. The summed E-state index contributed by atoms with van der Waals surface area (Å²) in [5, 5.41) is 2.74. The quantitative estimate of drug-likeness (QED) is 0.571. The van der Waals surface area contributed by atoms with Crippen LogP contribution in [0.25, 0.3) is 11.1 Å². The molecule has 5 rings (SSSR count). The van der Waals surface area contributed by atoms with E-state index in [0.29, 0.717) is 22.4 Å². The molecule has 3 aromatic carbocycles. The van der Waals surface area contributed by atoms with Crippen molar-refractivity contribution in [3.63, 3.8) is 0 Å². The summed E-state index contributed by atoms with van der Waals surface area (Å²) in [6.45, 7) is 0.367. The fourth-order valence-electron chi connectivity index (χ4n) is 4.61. The van der Waals surface area contributed by atoms with Crippen molar-refractivity contribution in [2.75, 3.05) is 32.1 Å². The van der Waals surface area contributed by atoms with Gasteiger partial charge in [0.25, 0.3) is 11.8 Å². The van der Waals surface area contributed by atoms with Gasteiger partial charge in [-0.3, -0.25) is 14.4 Å². The van der Waals surface area contributed by atoms with E-state index in [1.807, 2.05) is 0 Å². The third kappa shape index (κ3) is 4.62. The minimum atomic E-state index is -4.50. The summed E-state index contributed by atoms with van der Waals surface area (Å²) in [6, 6.07) is 15.1. The molecule has 10 heteroatoms. The summed E-state index contributed by atoms with van der Waals surface area (Å²) in [5.41, 5.74) is 0.807. The highest BCUT2D eigenvalue weighted by molar-refractivity contribution is 6.11. The average Bonchev–Trinajstić information content (AvgIpc) is 3.01. The molecule has 1 saturated heterocycles. The first-order valence-corrected chi connectivity index (χ1v) is 11.5. The Morgan fingerprint density at radius 2 is 1.70 bits per heavy atom. The number of carbonyl (C=O) groups is 3. The van der Waals surface area contributed by atoms with Gasteiger partial charge in [-0.15, -0.1) is 0 Å². The molecular formula is C27H22F3N3O4. The van der Waals surface area contributed by atoms with E-state index in [9.17, 15) is 27.6 Å². The summed E-state index contributed by atoms with van der Waals surface area (Å²) in [7, 11) is 1.53. The van der Waals surface area contributed by atoms with Gasteiger partial charge in [0.15, 0.2) is 0 Å². The van der Waals surface area contributed by atoms with E-state index in [1.165, 1.54) is 41.2 Å². The van der Waals surface area contributed by atoms with Gasteiger partial charge in [-0.1, -0.05) is 18.2 Å². The summed E-state index contributed by atoms with van der Waals surface area (Å²) in [6.07, 6.45) is -4.50. The molecule has 0 aliphatic carbocycles. The second-order valence-electron chi connectivity index (χ2n) is 8.82. The van der Waals surface area contributed by atoms with Crippen molar-refractivity contribution < 1.29 is 32.3 Å². The van der Waals surface area contributed by atoms with Crippen LogP contribution >= 0.6 is 0 Å². The molecule has 190 valence electrons. The molecule has 1 atom stereocenters. The smallest absolute Gasteiger partial charge is 0.416 e. The van der Waals surface area contributed by atoms with E-state index < -0.39 is 29.6 Å². The zero-order chi connectivity index (χ0) is 26.3. The predicted octanol–water partition coefficient (Wildman–Crippen LogP) is 4.30. The molecule has 3 aromatic rings. The molecule has 0 bridgehead atoms. The van der Waals surface area contributed by atoms with Gasteiger partial charge in [-0.05, 0) is 59.7 Å². The summed E-state index contributed by atoms with van der Waals surface area (Å²) in [4.78, 5) is 42.5. The lowest BCUT2D eigenvalue weighted by molar-refractivity contribution is -0.137. The maximum absolute atomic E-state index is 13.5. The monoisotopic (exact) mass is 509 g/mol. The first kappa shape index (κ1) is 24.4. The zero-order valence-corrected chi connectivity index (χ0v) is 19.7. The van der Waals surface area contributed by atoms with Crippen LogP contribution in [0.4, 0.5) is 18.9 Å². The highest BCUT2D eigenvalue weighted by atomic mass is 19.4. The van der Waals surface area contributed by atoms with E-state index in [0.717, 1.165) is 12.1 Å². The van der Waals surface area contributed by atoms with E-state index in [1.54, 1.807) is 30.3 Å². The van der Waals surface area contributed by atoms with Crippen molar-refractivity contribution >= 4 is 23.4 Å². The zero-order valence-electron chi connectivity index (χ0n) is 19.7. The van der Waals surface area contributed by atoms with Crippen LogP contribution in [-0.2, 0) is 11.0 Å². The van der Waals surface area contributed by atoms with Gasteiger partial charge in [0.05, 0.1) is 30.5 Å². The number of halogens is 3. The fourth-order valence-corrected chi connectivity index (χ4v) is 4.61. The number of rotatable bonds is 3. The number of hydrogen-bond donors (Lipinski definition) is 1. The van der Waals surface area contributed by atoms with Gasteiger partial charge >= 0.3 is 6.18 Å². The van der Waals surface area contributed by atoms with Crippen molar-refractivity contribution in [2.24, 2.45) is 0 Å². The number of carbonyl (C=O) groups excluding carboxylic acids is 3. The number of fused-ring (bicyclic) bond motifs is 2. The highest BCUT2D eigenvalue weighted by Gasteiger charge is 2.40. The van der Waals surface area contributed by atoms with Crippen molar-refractivity contribution in [1.29, 1.82) is 0 Å². The Balaban J connectivity index is 1.40. The van der Waals surface area contributed by atoms with Gasteiger partial charge < -0.3 is 19.9 Å². The van der Waals surface area contributed by atoms with Crippen LogP contribution in [-0.4, -0.2) is 60.3 Å². The topological polar surface area (TPSA) is 79.0 Å². The van der Waals surface area contributed by atoms with Gasteiger partial charge in [-0.25, -0.2) is 0 Å². The summed E-state index contributed by atoms with van der Waals surface area (Å²) >= 11 is 0. The molecule has 0 saturated carbocycles. The number of alkyl halides is 3. The highest BCUT2D eigenvalue weighted by Crippen LogP contribution is 2.34. The number of hydrogen-bond acceptors (Lipinski definition) is 4. The molecule has 1 fully saturated rings. The number of methoxy groups -OCH3 is 1. The molecule has 2 heterocycles. The van der Waals surface area contributed by atoms with Crippen LogP contribution in [0.3, 0.4) is 0 Å². The number of benzene rings is 3. The summed E-state index contributed by atoms with van der Waals surface area (Å²) < 4.78 is 44.7. The number of anilines is 1. The Labute approximate surface area is 210 Å². The van der Waals surface area contributed by atoms with Gasteiger partial charge in [-0.2, -0.15) is 13.2 Å². The molecule has 0 unspecified atom stereocenters. The van der Waals surface area contributed by atoms with Crippen molar-refractivity contribution in [2.45, 2.75) is 12.2 Å². The number of nitrogens with zero attached hydrogens (tertiary/aromatic N) is 2. The maximum Gasteiger partial charge on any atom is 0.416 e. The molecule has 0 aromatic heterocycles. The Morgan fingerprint density at radius 1 is 0.973 bits per heavy atom. The minimum absolute atomic E-state index is 0.0108. The molecule has 0 spiro atoms. The van der Waals surface area contributed by atoms with Crippen molar-refractivity contribution in [1.82, 2.24) is 9.80 Å². The number of nitrogens with one attached hydrogen (secondary N) is 1. The maximum atomic E-state index is 13.5. The lowest BCUT2D eigenvalue weighted by Crippen LogP contribution is -2.59. The Hall–Kier alpha value is -4.34. The molecule has 7 nitrogen and oxygen atoms in total. The Kier molecular flexibility index (Phi) is 6.10. The average molecular weight is 509 g/mol. The molecule has 1 N–H and O–H groups in total. The second-order valence-corrected chi connectivity index (χ2v) is 8.82. The van der Waals surface area contributed by atoms with E-state index in [-0.39, 0.29) is 36.8 Å². The van der Waals surface area contributed by atoms with Crippen LogP contribution in [0.15, 0.2) is 66.7 Å². The molecular weight excluding hydrogens is 487 g/mol. The molecule has 2 aliphatic heterocycles. The van der Waals surface area contributed by atoms with E-state index in [2.05, 4.69) is 5.32 Å². The van der Waals surface area contributed by atoms with E-state index in [4.69, 9.17) is 4.74 Å². The first-order chi connectivity index (χ1) is 17.7. The predicted molar refractivity (Wildman–Crippen MR) is 129 cm³/mol. The lowest BCUT2D eigenvalue weighted by Gasteiger charge is -2.39. The third-order valence-electron chi connectivity index (χ3n) is 6.60. The molecule has 37 heavy (non-hydrogen) atoms. The van der Waals surface area contributed by atoms with Gasteiger partial charge in [0.1, 0.15) is 11.8 Å². The molecule has 0 radical (unpaired) electrons. The summed E-state index contributed by atoms with van der Waals surface area (Å²) in [5.74, 6) is -0.525. The second kappa shape index (κ2) is 9.27. The Morgan fingerprint density at radius 3 is 2.41 bits per heavy atom. The molecule has 3 amide bonds. The first-order valence-electron chi connectivity index (χ1n) is 11.5. The van der Waals surface area contributed by atoms with E-state index >= 15 is 0 Å². The third-order valence-corrected chi connectivity index (χ3v) is 6.60. The van der Waals surface area contributed by atoms with Crippen LogP contribution in [0.1, 0.15) is 26.3 Å². The van der Waals surface area contributed by atoms with Crippen LogP contribution < -0.4 is 10.1 Å². The standard InChI is InChI=1S/C27H22F3N3O4/c1-37-20-8-5-16(6-9-20)25(35)32-11-12-33-23(15-32)24(34)31-22-10-7-18(14-21(22)26(33)36)17-3-2-4-19(13-17)27(28,29)30/h2-10,13-14,23H,11-12,15H2,1H3,(H,31,34)/t23-/m0/s1. The Bertz CT molecular complexity index is 1390. The fraction of sp³-hybridized carbons (Fsp3) is 0.222.